The van der Waals surface area contributed by atoms with Crippen LogP contribution in [-0.4, -0.2) is 21.2 Å². The van der Waals surface area contributed by atoms with Gasteiger partial charge in [-0.05, 0) is 12.1 Å². The number of carbonyl (C=O) groups is 1. The van der Waals surface area contributed by atoms with Gasteiger partial charge < -0.3 is 14.6 Å². The van der Waals surface area contributed by atoms with Crippen molar-refractivity contribution < 1.29 is 19.4 Å². The Labute approximate surface area is 111 Å². The second-order valence-electron chi connectivity index (χ2n) is 3.57. The Balaban J connectivity index is 2.10. The molecule has 0 unspecified atom stereocenters. The maximum Gasteiger partial charge on any atom is 0.335 e. The van der Waals surface area contributed by atoms with Crippen molar-refractivity contribution in [2.24, 2.45) is 0 Å². The van der Waals surface area contributed by atoms with Gasteiger partial charge >= 0.3 is 5.97 Å². The summed E-state index contributed by atoms with van der Waals surface area (Å²) >= 11 is 1.23. The maximum atomic E-state index is 11.2. The fourth-order valence-electron chi connectivity index (χ4n) is 1.29. The van der Waals surface area contributed by atoms with Crippen LogP contribution in [0.5, 0.6) is 5.75 Å². The average Bonchev–Trinajstić information content (AvgIpc) is 2.40. The van der Waals surface area contributed by atoms with E-state index < -0.39 is 17.1 Å². The molecule has 19 heavy (non-hydrogen) atoms. The first-order valence-electron chi connectivity index (χ1n) is 5.19. The largest absolute Gasteiger partial charge is 0.502 e. The number of thioether (sulfide) groups is 1. The lowest BCUT2D eigenvalue weighted by Crippen LogP contribution is -1.99. The van der Waals surface area contributed by atoms with E-state index in [1.54, 1.807) is 0 Å². The molecule has 0 atom stereocenters. The first kappa shape index (κ1) is 13.2. The van der Waals surface area contributed by atoms with Gasteiger partial charge in [0.25, 0.3) is 0 Å². The highest BCUT2D eigenvalue weighted by Crippen LogP contribution is 2.21. The lowest BCUT2D eigenvalue weighted by Gasteiger charge is -2.01. The summed E-state index contributed by atoms with van der Waals surface area (Å²) in [4.78, 5) is 26.0. The minimum Gasteiger partial charge on any atom is -0.502 e. The number of aromatic carboxylic acids is 1. The van der Waals surface area contributed by atoms with E-state index in [0.717, 1.165) is 6.26 Å². The van der Waals surface area contributed by atoms with Crippen LogP contribution in [0.1, 0.15) is 16.1 Å². The molecule has 2 heterocycles. The van der Waals surface area contributed by atoms with Crippen molar-refractivity contribution in [3.8, 4) is 5.75 Å². The molecule has 0 aromatic carbocycles. The molecule has 2 N–H and O–H groups in total. The quantitative estimate of drug-likeness (QED) is 0.822. The van der Waals surface area contributed by atoms with E-state index in [2.05, 4.69) is 4.98 Å². The summed E-state index contributed by atoms with van der Waals surface area (Å²) < 4.78 is 5.02. The topological polar surface area (TPSA) is 101 Å². The average molecular weight is 279 g/mol. The molecule has 7 heteroatoms. The van der Waals surface area contributed by atoms with Crippen LogP contribution in [0.15, 0.2) is 44.9 Å². The molecular formula is C12H9NO5S. The van der Waals surface area contributed by atoms with Crippen LogP contribution in [0.25, 0.3) is 0 Å². The number of carboxylic acids is 1. The second-order valence-corrected chi connectivity index (χ2v) is 4.57. The smallest absolute Gasteiger partial charge is 0.335 e. The number of nitrogens with zero attached hydrogens (tertiary/aromatic N) is 1. The van der Waals surface area contributed by atoms with Gasteiger partial charge in [0.05, 0.1) is 16.3 Å². The molecular weight excluding hydrogens is 270 g/mol. The Kier molecular flexibility index (Phi) is 3.86. The maximum absolute atomic E-state index is 11.2. The Morgan fingerprint density at radius 1 is 1.42 bits per heavy atom. The third kappa shape index (κ3) is 3.35. The monoisotopic (exact) mass is 279 g/mol. The van der Waals surface area contributed by atoms with Crippen molar-refractivity contribution in [2.75, 3.05) is 0 Å². The zero-order valence-corrected chi connectivity index (χ0v) is 10.4. The van der Waals surface area contributed by atoms with E-state index in [1.165, 1.54) is 36.2 Å². The molecule has 2 aromatic heterocycles. The van der Waals surface area contributed by atoms with Crippen molar-refractivity contribution in [3.05, 3.63) is 52.2 Å². The lowest BCUT2D eigenvalue weighted by molar-refractivity contribution is 0.0696. The van der Waals surface area contributed by atoms with Crippen LogP contribution in [0.2, 0.25) is 0 Å². The molecule has 2 aromatic rings. The number of aromatic nitrogens is 1. The predicted molar refractivity (Wildman–Crippen MR) is 67.4 cm³/mol. The molecule has 6 nitrogen and oxygen atoms in total. The molecule has 2 rings (SSSR count). The van der Waals surface area contributed by atoms with Crippen LogP contribution in [-0.2, 0) is 5.75 Å². The summed E-state index contributed by atoms with van der Waals surface area (Å²) in [6.07, 6.45) is 2.37. The normalized spacial score (nSPS) is 10.3. The Hall–Kier alpha value is -2.28. The molecule has 0 fully saturated rings. The van der Waals surface area contributed by atoms with Crippen LogP contribution < -0.4 is 5.43 Å². The van der Waals surface area contributed by atoms with Gasteiger partial charge in [0, 0.05) is 12.3 Å². The van der Waals surface area contributed by atoms with Gasteiger partial charge in [-0.3, -0.25) is 4.79 Å². The summed E-state index contributed by atoms with van der Waals surface area (Å²) in [6, 6.07) is 4.02. The SMILES string of the molecule is O=C(O)c1ccnc(SCc2cc(=O)c(O)co2)c1. The standard InChI is InChI=1S/C12H9NO5S/c14-9-4-8(18-5-10(9)15)6-19-11-3-7(12(16)17)1-2-13-11/h1-5,15H,6H2,(H,16,17). The number of carboxylic acid groups (broad SMARTS) is 1. The van der Waals surface area contributed by atoms with Crippen molar-refractivity contribution in [1.82, 2.24) is 4.98 Å². The summed E-state index contributed by atoms with van der Waals surface area (Å²) in [5.74, 6) is -0.790. The van der Waals surface area contributed by atoms with Crippen molar-refractivity contribution in [1.29, 1.82) is 0 Å². The van der Waals surface area contributed by atoms with Crippen LogP contribution in [0.4, 0.5) is 0 Å². The van der Waals surface area contributed by atoms with Gasteiger partial charge in [-0.25, -0.2) is 9.78 Å². The lowest BCUT2D eigenvalue weighted by atomic mass is 10.3. The minimum absolute atomic E-state index is 0.143. The van der Waals surface area contributed by atoms with Gasteiger partial charge in [0.15, 0.2) is 5.75 Å². The zero-order valence-electron chi connectivity index (χ0n) is 9.57. The number of hydrogen-bond acceptors (Lipinski definition) is 6. The van der Waals surface area contributed by atoms with Crippen LogP contribution >= 0.6 is 11.8 Å². The second kappa shape index (κ2) is 5.57. The van der Waals surface area contributed by atoms with E-state index in [-0.39, 0.29) is 5.56 Å². The third-order valence-electron chi connectivity index (χ3n) is 2.21. The number of hydrogen-bond donors (Lipinski definition) is 2. The van der Waals surface area contributed by atoms with E-state index in [1.807, 2.05) is 0 Å². The van der Waals surface area contributed by atoms with E-state index in [0.29, 0.717) is 16.5 Å². The van der Waals surface area contributed by atoms with E-state index in [4.69, 9.17) is 14.6 Å². The minimum atomic E-state index is -1.03. The summed E-state index contributed by atoms with van der Waals surface area (Å²) in [7, 11) is 0. The molecule has 0 aliphatic heterocycles. The summed E-state index contributed by atoms with van der Waals surface area (Å²) in [6.45, 7) is 0. The Morgan fingerprint density at radius 2 is 2.21 bits per heavy atom. The summed E-state index contributed by atoms with van der Waals surface area (Å²) in [5.41, 5.74) is -0.376. The number of pyridine rings is 1. The Bertz CT molecular complexity index is 667. The number of rotatable bonds is 4. The van der Waals surface area contributed by atoms with Gasteiger partial charge in [-0.1, -0.05) is 11.8 Å². The molecule has 0 saturated heterocycles. The van der Waals surface area contributed by atoms with Crippen LogP contribution in [0.3, 0.4) is 0 Å². The molecule has 0 radical (unpaired) electrons. The van der Waals surface area contributed by atoms with E-state index in [9.17, 15) is 9.59 Å². The van der Waals surface area contributed by atoms with Gasteiger partial charge in [0.1, 0.15) is 12.0 Å². The zero-order chi connectivity index (χ0) is 13.8. The van der Waals surface area contributed by atoms with Gasteiger partial charge in [-0.2, -0.15) is 0 Å². The number of aromatic hydroxyl groups is 1. The highest BCUT2D eigenvalue weighted by molar-refractivity contribution is 7.98. The van der Waals surface area contributed by atoms with Crippen molar-refractivity contribution >= 4 is 17.7 Å². The molecule has 0 saturated carbocycles. The fraction of sp³-hybridized carbons (Fsp3) is 0.0833. The molecule has 0 aliphatic rings. The van der Waals surface area contributed by atoms with Crippen LogP contribution in [0, 0.1) is 0 Å². The fourth-order valence-corrected chi connectivity index (χ4v) is 2.07. The highest BCUT2D eigenvalue weighted by atomic mass is 32.2. The molecule has 0 bridgehead atoms. The van der Waals surface area contributed by atoms with Gasteiger partial charge in [-0.15, -0.1) is 0 Å². The molecule has 0 aliphatic carbocycles. The predicted octanol–water partition coefficient (Wildman–Crippen LogP) is 1.73. The summed E-state index contributed by atoms with van der Waals surface area (Å²) in [5, 5.41) is 18.4. The first-order chi connectivity index (χ1) is 9.06. The van der Waals surface area contributed by atoms with E-state index >= 15 is 0 Å². The molecule has 0 amide bonds. The molecule has 0 spiro atoms. The Morgan fingerprint density at radius 3 is 2.89 bits per heavy atom. The van der Waals surface area contributed by atoms with Gasteiger partial charge in [0.2, 0.25) is 5.43 Å². The van der Waals surface area contributed by atoms with Crippen molar-refractivity contribution in [3.63, 3.8) is 0 Å². The first-order valence-corrected chi connectivity index (χ1v) is 6.17. The molecule has 98 valence electrons. The van der Waals surface area contributed by atoms with Crippen molar-refractivity contribution in [2.45, 2.75) is 10.8 Å². The third-order valence-corrected chi connectivity index (χ3v) is 3.16. The highest BCUT2D eigenvalue weighted by Gasteiger charge is 2.07.